The number of halogens is 1. The first kappa shape index (κ1) is 13.1. The first-order chi connectivity index (χ1) is 9.66. The summed E-state index contributed by atoms with van der Waals surface area (Å²) in [6.07, 6.45) is 1.56. The number of carbonyl (C=O) groups is 2. The number of hydrogen-bond donors (Lipinski definition) is 1. The smallest absolute Gasteiger partial charge is 0.295 e. The van der Waals surface area contributed by atoms with Crippen LogP contribution in [0.4, 0.5) is 0 Å². The minimum Gasteiger partial charge on any atom is -0.378 e. The van der Waals surface area contributed by atoms with Crippen LogP contribution in [-0.4, -0.2) is 47.9 Å². The SMILES string of the molecule is O=C(C(=O)N1CCOCC1)c1c[nH]c2ccc(Cl)cc12. The molecule has 1 aliphatic rings. The molecule has 2 aromatic rings. The second kappa shape index (κ2) is 5.26. The third-order valence-electron chi connectivity index (χ3n) is 3.38. The Kier molecular flexibility index (Phi) is 3.46. The van der Waals surface area contributed by atoms with Gasteiger partial charge in [0.25, 0.3) is 11.7 Å². The maximum absolute atomic E-state index is 12.3. The second-order valence-corrected chi connectivity index (χ2v) is 5.06. The van der Waals surface area contributed by atoms with Crippen molar-refractivity contribution in [3.63, 3.8) is 0 Å². The highest BCUT2D eigenvalue weighted by Crippen LogP contribution is 2.23. The zero-order valence-electron chi connectivity index (χ0n) is 10.7. The highest BCUT2D eigenvalue weighted by atomic mass is 35.5. The minimum atomic E-state index is -0.514. The Bertz CT molecular complexity index is 674. The Morgan fingerprint density at radius 3 is 2.75 bits per heavy atom. The largest absolute Gasteiger partial charge is 0.378 e. The second-order valence-electron chi connectivity index (χ2n) is 4.63. The summed E-state index contributed by atoms with van der Waals surface area (Å²) in [5.41, 5.74) is 1.14. The van der Waals surface area contributed by atoms with Gasteiger partial charge in [0.15, 0.2) is 0 Å². The number of ketones is 1. The molecule has 104 valence electrons. The van der Waals surface area contributed by atoms with Gasteiger partial charge in [-0.25, -0.2) is 0 Å². The summed E-state index contributed by atoms with van der Waals surface area (Å²) in [5, 5.41) is 1.20. The monoisotopic (exact) mass is 292 g/mol. The van der Waals surface area contributed by atoms with Crippen molar-refractivity contribution in [3.8, 4) is 0 Å². The fourth-order valence-corrected chi connectivity index (χ4v) is 2.48. The van der Waals surface area contributed by atoms with Gasteiger partial charge in [-0.1, -0.05) is 11.6 Å². The van der Waals surface area contributed by atoms with Crippen LogP contribution in [0.25, 0.3) is 10.9 Å². The van der Waals surface area contributed by atoms with Crippen molar-refractivity contribution in [2.24, 2.45) is 0 Å². The molecule has 3 rings (SSSR count). The normalized spacial score (nSPS) is 15.6. The summed E-state index contributed by atoms with van der Waals surface area (Å²) in [5.74, 6) is -1.01. The fraction of sp³-hybridized carbons (Fsp3) is 0.286. The van der Waals surface area contributed by atoms with Crippen LogP contribution < -0.4 is 0 Å². The van der Waals surface area contributed by atoms with E-state index in [2.05, 4.69) is 4.98 Å². The number of rotatable bonds is 2. The highest BCUT2D eigenvalue weighted by molar-refractivity contribution is 6.45. The molecule has 5 nitrogen and oxygen atoms in total. The van der Waals surface area contributed by atoms with Crippen molar-refractivity contribution in [1.29, 1.82) is 0 Å². The topological polar surface area (TPSA) is 62.4 Å². The zero-order valence-corrected chi connectivity index (χ0v) is 11.4. The number of Topliss-reactive ketones (excluding diaryl/α,β-unsaturated/α-hetero) is 1. The van der Waals surface area contributed by atoms with Gasteiger partial charge in [-0.3, -0.25) is 9.59 Å². The van der Waals surface area contributed by atoms with E-state index in [-0.39, 0.29) is 0 Å². The molecular weight excluding hydrogens is 280 g/mol. The number of nitrogens with zero attached hydrogens (tertiary/aromatic N) is 1. The number of carbonyl (C=O) groups excluding carboxylic acids is 2. The summed E-state index contributed by atoms with van der Waals surface area (Å²) in [6.45, 7) is 1.85. The number of amides is 1. The van der Waals surface area contributed by atoms with E-state index in [0.29, 0.717) is 42.3 Å². The Morgan fingerprint density at radius 1 is 1.25 bits per heavy atom. The summed E-state index contributed by atoms with van der Waals surface area (Å²) in [6, 6.07) is 5.21. The summed E-state index contributed by atoms with van der Waals surface area (Å²) < 4.78 is 5.18. The van der Waals surface area contributed by atoms with Crippen LogP contribution in [0.15, 0.2) is 24.4 Å². The highest BCUT2D eigenvalue weighted by Gasteiger charge is 2.26. The number of fused-ring (bicyclic) bond motifs is 1. The summed E-state index contributed by atoms with van der Waals surface area (Å²) in [4.78, 5) is 29.0. The molecule has 1 fully saturated rings. The van der Waals surface area contributed by atoms with Crippen molar-refractivity contribution in [2.45, 2.75) is 0 Å². The predicted molar refractivity (Wildman–Crippen MR) is 75.0 cm³/mol. The van der Waals surface area contributed by atoms with Crippen LogP contribution in [0, 0.1) is 0 Å². The van der Waals surface area contributed by atoms with Gasteiger partial charge in [-0.15, -0.1) is 0 Å². The number of nitrogens with one attached hydrogen (secondary N) is 1. The number of ether oxygens (including phenoxy) is 1. The quantitative estimate of drug-likeness (QED) is 0.679. The first-order valence-electron chi connectivity index (χ1n) is 6.35. The van der Waals surface area contributed by atoms with E-state index in [1.54, 1.807) is 24.4 Å². The lowest BCUT2D eigenvalue weighted by molar-refractivity contribution is -0.130. The van der Waals surface area contributed by atoms with Crippen LogP contribution in [-0.2, 0) is 9.53 Å². The van der Waals surface area contributed by atoms with E-state index in [1.807, 2.05) is 0 Å². The number of hydrogen-bond acceptors (Lipinski definition) is 3. The molecule has 0 spiro atoms. The van der Waals surface area contributed by atoms with E-state index < -0.39 is 11.7 Å². The van der Waals surface area contributed by atoms with Crippen molar-refractivity contribution < 1.29 is 14.3 Å². The zero-order chi connectivity index (χ0) is 14.1. The average Bonchev–Trinajstić information content (AvgIpc) is 2.89. The molecule has 0 unspecified atom stereocenters. The van der Waals surface area contributed by atoms with Gasteiger partial charge in [-0.05, 0) is 18.2 Å². The first-order valence-corrected chi connectivity index (χ1v) is 6.72. The molecule has 20 heavy (non-hydrogen) atoms. The van der Waals surface area contributed by atoms with Gasteiger partial charge in [-0.2, -0.15) is 0 Å². The Hall–Kier alpha value is -1.85. The lowest BCUT2D eigenvalue weighted by atomic mass is 10.1. The molecular formula is C14H13ClN2O3. The molecule has 0 radical (unpaired) electrons. The van der Waals surface area contributed by atoms with E-state index in [0.717, 1.165) is 5.52 Å². The lowest BCUT2D eigenvalue weighted by Crippen LogP contribution is -2.44. The van der Waals surface area contributed by atoms with Crippen LogP contribution in [0.2, 0.25) is 5.02 Å². The average molecular weight is 293 g/mol. The number of H-pyrrole nitrogens is 1. The molecule has 1 aliphatic heterocycles. The molecule has 1 amide bonds. The summed E-state index contributed by atoms with van der Waals surface area (Å²) in [7, 11) is 0. The molecule has 6 heteroatoms. The minimum absolute atomic E-state index is 0.360. The number of aromatic amines is 1. The van der Waals surface area contributed by atoms with Crippen molar-refractivity contribution in [1.82, 2.24) is 9.88 Å². The van der Waals surface area contributed by atoms with E-state index in [4.69, 9.17) is 16.3 Å². The van der Waals surface area contributed by atoms with Gasteiger partial charge in [0, 0.05) is 35.2 Å². The Balaban J connectivity index is 1.91. The van der Waals surface area contributed by atoms with E-state index in [1.165, 1.54) is 4.90 Å². The third kappa shape index (κ3) is 2.30. The molecule has 1 N–H and O–H groups in total. The third-order valence-corrected chi connectivity index (χ3v) is 3.62. The molecule has 1 aromatic heterocycles. The molecule has 2 heterocycles. The van der Waals surface area contributed by atoms with Crippen LogP contribution >= 0.6 is 11.6 Å². The number of morpholine rings is 1. The Morgan fingerprint density at radius 2 is 2.00 bits per heavy atom. The van der Waals surface area contributed by atoms with Crippen LogP contribution in [0.1, 0.15) is 10.4 Å². The van der Waals surface area contributed by atoms with Gasteiger partial charge in [0.2, 0.25) is 0 Å². The number of benzene rings is 1. The van der Waals surface area contributed by atoms with Gasteiger partial charge < -0.3 is 14.6 Å². The maximum atomic E-state index is 12.3. The molecule has 0 bridgehead atoms. The molecule has 1 saturated heterocycles. The number of aromatic nitrogens is 1. The van der Waals surface area contributed by atoms with Crippen molar-refractivity contribution in [2.75, 3.05) is 26.3 Å². The van der Waals surface area contributed by atoms with E-state index >= 15 is 0 Å². The van der Waals surface area contributed by atoms with Gasteiger partial charge in [0.1, 0.15) is 0 Å². The predicted octanol–water partition coefficient (Wildman–Crippen LogP) is 1.86. The van der Waals surface area contributed by atoms with Gasteiger partial charge >= 0.3 is 0 Å². The molecule has 0 aliphatic carbocycles. The Labute approximate surface area is 120 Å². The van der Waals surface area contributed by atoms with Crippen molar-refractivity contribution in [3.05, 3.63) is 35.0 Å². The molecule has 1 aromatic carbocycles. The lowest BCUT2D eigenvalue weighted by Gasteiger charge is -2.25. The standard InChI is InChI=1S/C14H13ClN2O3/c15-9-1-2-12-10(7-9)11(8-16-12)13(18)14(19)17-3-5-20-6-4-17/h1-2,7-8,16H,3-6H2. The maximum Gasteiger partial charge on any atom is 0.295 e. The molecule has 0 saturated carbocycles. The fourth-order valence-electron chi connectivity index (χ4n) is 2.31. The van der Waals surface area contributed by atoms with Crippen LogP contribution in [0.3, 0.4) is 0 Å². The molecule has 0 atom stereocenters. The van der Waals surface area contributed by atoms with Crippen LogP contribution in [0.5, 0.6) is 0 Å². The van der Waals surface area contributed by atoms with Crippen molar-refractivity contribution >= 4 is 34.2 Å². The summed E-state index contributed by atoms with van der Waals surface area (Å²) >= 11 is 5.94. The van der Waals surface area contributed by atoms with Gasteiger partial charge in [0.05, 0.1) is 18.8 Å². The van der Waals surface area contributed by atoms with E-state index in [9.17, 15) is 9.59 Å².